The van der Waals surface area contributed by atoms with Crippen LogP contribution in [0.15, 0.2) is 162 Å². The van der Waals surface area contributed by atoms with Crippen LogP contribution in [0, 0.1) is 0 Å². The van der Waals surface area contributed by atoms with E-state index in [1.165, 1.54) is 12.1 Å². The van der Waals surface area contributed by atoms with Gasteiger partial charge in [-0.05, 0) is 83.8 Å². The van der Waals surface area contributed by atoms with Gasteiger partial charge >= 0.3 is 0 Å². The lowest BCUT2D eigenvalue weighted by Gasteiger charge is -2.19. The quantitative estimate of drug-likeness (QED) is 0.194. The first kappa shape index (κ1) is 11.6. The third-order valence-electron chi connectivity index (χ3n) is 7.47. The minimum Gasteiger partial charge on any atom is -0.456 e. The lowest BCUT2D eigenvalue weighted by molar-refractivity contribution is 0.669. The van der Waals surface area contributed by atoms with E-state index in [9.17, 15) is 8.22 Å². The van der Waals surface area contributed by atoms with Crippen molar-refractivity contribution in [2.75, 3.05) is 0 Å². The molecule has 0 fully saturated rings. The molecule has 0 aliphatic heterocycles. The van der Waals surface area contributed by atoms with Gasteiger partial charge in [-0.3, -0.25) is 0 Å². The molecule has 1 nitrogen and oxygen atoms in total. The van der Waals surface area contributed by atoms with E-state index in [-0.39, 0.29) is 71.1 Å². The van der Waals surface area contributed by atoms with Crippen molar-refractivity contribution in [3.05, 3.63) is 157 Å². The SMILES string of the molecule is [2H]c1c([2H])c([2H])c(-c2c3c([2H])c([2H])c([2H])c([2H])c3c(-c3ccc(-c4c([2H])c([2H])c5c(oc6c([2H])c([2H])c([2H])c([2H])c65)c4[2H])c4ccccc34)c3c([2H])c([2H])c([2H])c([2H])c23)c([2H])c1[2H]. The molecule has 0 unspecified atom stereocenters. The highest BCUT2D eigenvalue weighted by molar-refractivity contribution is 6.24. The van der Waals surface area contributed by atoms with E-state index in [1.807, 2.05) is 0 Å². The van der Waals surface area contributed by atoms with Gasteiger partial charge in [0.05, 0.1) is 27.4 Å². The molecular formula is C42H26O. The topological polar surface area (TPSA) is 13.1 Å². The molecule has 9 aromatic rings. The largest absolute Gasteiger partial charge is 0.456 e. The lowest BCUT2D eigenvalue weighted by atomic mass is 9.84. The van der Waals surface area contributed by atoms with Crippen LogP contribution in [0.25, 0.3) is 87.6 Å². The highest BCUT2D eigenvalue weighted by atomic mass is 16.3. The van der Waals surface area contributed by atoms with Crippen LogP contribution in [-0.4, -0.2) is 0 Å². The summed E-state index contributed by atoms with van der Waals surface area (Å²) in [6, 6.07) is -3.87. The molecule has 9 rings (SSSR count). The van der Waals surface area contributed by atoms with Crippen LogP contribution in [0.2, 0.25) is 0 Å². The Morgan fingerprint density at radius 2 is 0.907 bits per heavy atom. The Bertz CT molecular complexity index is 3520. The third-order valence-corrected chi connectivity index (χ3v) is 7.47. The molecule has 1 aromatic heterocycles. The Hall–Kier alpha value is -5.66. The molecule has 0 aliphatic rings. The van der Waals surface area contributed by atoms with Crippen LogP contribution < -0.4 is 0 Å². The van der Waals surface area contributed by atoms with E-state index in [2.05, 4.69) is 0 Å². The second kappa shape index (κ2) is 9.44. The van der Waals surface area contributed by atoms with Gasteiger partial charge in [-0.25, -0.2) is 0 Å². The molecule has 0 aliphatic carbocycles. The summed E-state index contributed by atoms with van der Waals surface area (Å²) in [5, 5.41) is -1.09. The maximum Gasteiger partial charge on any atom is 0.136 e. The minimum absolute atomic E-state index is 0.118. The van der Waals surface area contributed by atoms with Gasteiger partial charge in [0.2, 0.25) is 0 Å². The minimum atomic E-state index is -0.790. The van der Waals surface area contributed by atoms with Crippen LogP contribution in [0.3, 0.4) is 0 Å². The summed E-state index contributed by atoms with van der Waals surface area (Å²) >= 11 is 0. The van der Waals surface area contributed by atoms with Gasteiger partial charge in [-0.2, -0.15) is 0 Å². The second-order valence-electron chi connectivity index (χ2n) is 9.72. The van der Waals surface area contributed by atoms with Crippen molar-refractivity contribution in [2.24, 2.45) is 0 Å². The molecule has 200 valence electrons. The molecule has 8 aromatic carbocycles. The van der Waals surface area contributed by atoms with Crippen molar-refractivity contribution < 1.29 is 31.8 Å². The molecule has 0 spiro atoms. The Morgan fingerprint density at radius 1 is 0.372 bits per heavy atom. The van der Waals surface area contributed by atoms with Crippen LogP contribution >= 0.6 is 0 Å². The van der Waals surface area contributed by atoms with Gasteiger partial charge in [0.15, 0.2) is 0 Å². The fourth-order valence-corrected chi connectivity index (χ4v) is 5.69. The third kappa shape index (κ3) is 3.65. The fraction of sp³-hybridized carbons (Fsp3) is 0. The summed E-state index contributed by atoms with van der Waals surface area (Å²) < 4.78 is 182. The maximum atomic E-state index is 9.33. The summed E-state index contributed by atoms with van der Waals surface area (Å²) in [6.45, 7) is 0. The Morgan fingerprint density at radius 3 is 1.60 bits per heavy atom. The molecule has 0 atom stereocenters. The number of hydrogen-bond acceptors (Lipinski definition) is 1. The van der Waals surface area contributed by atoms with Crippen LogP contribution in [0.1, 0.15) is 27.4 Å². The zero-order valence-electron chi connectivity index (χ0n) is 41.9. The highest BCUT2D eigenvalue weighted by Gasteiger charge is 2.19. The van der Waals surface area contributed by atoms with Crippen molar-refractivity contribution in [1.82, 2.24) is 0 Å². The predicted molar refractivity (Wildman–Crippen MR) is 183 cm³/mol. The number of para-hydroxylation sites is 1. The van der Waals surface area contributed by atoms with Crippen molar-refractivity contribution in [3.63, 3.8) is 0 Å². The zero-order chi connectivity index (χ0) is 45.7. The molecule has 0 bridgehead atoms. The zero-order valence-corrected chi connectivity index (χ0v) is 21.9. The van der Waals surface area contributed by atoms with Crippen LogP contribution in [0.5, 0.6) is 0 Å². The maximum absolute atomic E-state index is 9.33. The van der Waals surface area contributed by atoms with E-state index < -0.39 is 132 Å². The van der Waals surface area contributed by atoms with Gasteiger partial charge in [-0.15, -0.1) is 0 Å². The number of benzene rings is 8. The smallest absolute Gasteiger partial charge is 0.136 e. The van der Waals surface area contributed by atoms with Crippen molar-refractivity contribution >= 4 is 54.3 Å². The average Bonchev–Trinajstić information content (AvgIpc) is 3.69. The first-order valence-corrected chi connectivity index (χ1v) is 13.1. The molecule has 0 saturated carbocycles. The highest BCUT2D eigenvalue weighted by Crippen LogP contribution is 2.46. The monoisotopic (exact) mass is 566 g/mol. The molecule has 0 amide bonds. The lowest BCUT2D eigenvalue weighted by Crippen LogP contribution is -1.92. The Kier molecular flexibility index (Phi) is 2.54. The molecule has 0 radical (unpaired) electrons. The first-order chi connectivity index (χ1) is 29.7. The predicted octanol–water partition coefficient (Wildman–Crippen LogP) is 12.0. The van der Waals surface area contributed by atoms with E-state index in [4.69, 9.17) is 23.6 Å². The average molecular weight is 567 g/mol. The normalized spacial score (nSPS) is 18.2. The van der Waals surface area contributed by atoms with Crippen LogP contribution in [0.4, 0.5) is 0 Å². The summed E-state index contributed by atoms with van der Waals surface area (Å²) in [5.41, 5.74) is -1.46. The molecular weight excluding hydrogens is 520 g/mol. The van der Waals surface area contributed by atoms with Crippen molar-refractivity contribution in [2.45, 2.75) is 0 Å². The van der Waals surface area contributed by atoms with Gasteiger partial charge in [0.1, 0.15) is 11.2 Å². The first-order valence-electron chi connectivity index (χ1n) is 23.1. The Balaban J connectivity index is 1.49. The van der Waals surface area contributed by atoms with Crippen molar-refractivity contribution in [3.8, 4) is 33.4 Å². The summed E-state index contributed by atoms with van der Waals surface area (Å²) in [4.78, 5) is 0. The van der Waals surface area contributed by atoms with Gasteiger partial charge in [0, 0.05) is 10.8 Å². The number of hydrogen-bond donors (Lipinski definition) is 0. The van der Waals surface area contributed by atoms with E-state index >= 15 is 0 Å². The van der Waals surface area contributed by atoms with Crippen LogP contribution in [-0.2, 0) is 0 Å². The van der Waals surface area contributed by atoms with E-state index in [1.54, 1.807) is 24.3 Å². The molecule has 1 heterocycles. The Labute approximate surface area is 277 Å². The summed E-state index contributed by atoms with van der Waals surface area (Å²) in [6.07, 6.45) is 0. The molecule has 0 saturated heterocycles. The van der Waals surface area contributed by atoms with Crippen molar-refractivity contribution in [1.29, 1.82) is 0 Å². The summed E-state index contributed by atoms with van der Waals surface area (Å²) in [7, 11) is 0. The second-order valence-corrected chi connectivity index (χ2v) is 9.72. The number of rotatable bonds is 3. The molecule has 0 N–H and O–H groups in total. The van der Waals surface area contributed by atoms with E-state index in [0.717, 1.165) is 0 Å². The number of furan rings is 1. The van der Waals surface area contributed by atoms with Gasteiger partial charge in [-0.1, -0.05) is 139 Å². The van der Waals surface area contributed by atoms with Gasteiger partial charge < -0.3 is 4.42 Å². The standard InChI is InChI=1S/C42H26O/c1-2-12-27(13-3-1)41-34-17-6-8-19-36(34)42(37-20-9-7-18-35(37)41)38-25-24-29(30-14-4-5-15-31(30)38)28-22-23-33-32-16-10-11-21-39(32)43-40(33)26-28/h1-26H/i1D,2D,3D,6D,7D,8D,9D,10D,11D,12D,13D,16D,17D,18D,19D,20D,21D,22D,23D,26D. The van der Waals surface area contributed by atoms with E-state index in [0.29, 0.717) is 5.39 Å². The fourth-order valence-electron chi connectivity index (χ4n) is 5.69. The summed E-state index contributed by atoms with van der Waals surface area (Å²) in [5.74, 6) is 0. The number of fused-ring (bicyclic) bond motifs is 6. The molecule has 1 heteroatoms. The molecule has 43 heavy (non-hydrogen) atoms. The van der Waals surface area contributed by atoms with Gasteiger partial charge in [0.25, 0.3) is 0 Å².